The monoisotopic (exact) mass is 220 g/mol. The first kappa shape index (κ1) is 10.3. The van der Waals surface area contributed by atoms with Crippen molar-refractivity contribution in [1.82, 2.24) is 9.97 Å². The molecule has 0 saturated carbocycles. The number of hydrogen-bond donors (Lipinski definition) is 1. The summed E-state index contributed by atoms with van der Waals surface area (Å²) in [5, 5.41) is 10.2. The van der Waals surface area contributed by atoms with Gasteiger partial charge < -0.3 is 5.11 Å². The van der Waals surface area contributed by atoms with Crippen molar-refractivity contribution < 1.29 is 5.11 Å². The molecule has 1 N–H and O–H groups in total. The van der Waals surface area contributed by atoms with E-state index in [-0.39, 0.29) is 6.61 Å². The topological polar surface area (TPSA) is 46.0 Å². The summed E-state index contributed by atoms with van der Waals surface area (Å²) in [5.41, 5.74) is 2.86. The highest BCUT2D eigenvalue weighted by atomic mass is 32.1. The third-order valence-corrected chi connectivity index (χ3v) is 3.07. The zero-order valence-electron chi connectivity index (χ0n) is 8.69. The maximum Gasteiger partial charge on any atom is 0.0905 e. The van der Waals surface area contributed by atoms with Gasteiger partial charge in [0.2, 0.25) is 0 Å². The lowest BCUT2D eigenvalue weighted by molar-refractivity contribution is 0.286. The predicted molar refractivity (Wildman–Crippen MR) is 60.7 cm³/mol. The molecule has 0 saturated heterocycles. The Hall–Kier alpha value is -1.26. The molecule has 3 nitrogen and oxygen atoms in total. The van der Waals surface area contributed by atoms with Crippen molar-refractivity contribution in [2.24, 2.45) is 0 Å². The molecule has 2 rings (SSSR count). The molecule has 0 aliphatic carbocycles. The normalized spacial score (nSPS) is 10.6. The van der Waals surface area contributed by atoms with Crippen molar-refractivity contribution >= 4 is 11.3 Å². The number of hydrogen-bond acceptors (Lipinski definition) is 4. The minimum atomic E-state index is 0.0439. The fraction of sp³-hybridized carbons (Fsp3) is 0.273. The van der Waals surface area contributed by atoms with E-state index in [1.54, 1.807) is 6.20 Å². The van der Waals surface area contributed by atoms with Crippen LogP contribution in [-0.4, -0.2) is 15.1 Å². The summed E-state index contributed by atoms with van der Waals surface area (Å²) in [5.74, 6) is 0. The summed E-state index contributed by atoms with van der Waals surface area (Å²) in [6.07, 6.45) is 1.76. The van der Waals surface area contributed by atoms with Crippen molar-refractivity contribution in [1.29, 1.82) is 0 Å². The number of aliphatic hydroxyl groups excluding tert-OH is 1. The zero-order chi connectivity index (χ0) is 10.8. The lowest BCUT2D eigenvalue weighted by atomic mass is 10.1. The number of nitrogens with zero attached hydrogens (tertiary/aromatic N) is 2. The molecule has 2 heterocycles. The van der Waals surface area contributed by atoms with E-state index in [0.717, 1.165) is 26.8 Å². The molecule has 2 aromatic heterocycles. The first-order valence-corrected chi connectivity index (χ1v) is 5.52. The molecule has 78 valence electrons. The van der Waals surface area contributed by atoms with Gasteiger partial charge in [-0.15, -0.1) is 11.3 Å². The molecule has 0 spiro atoms. The second-order valence-electron chi connectivity index (χ2n) is 3.35. The molecule has 0 bridgehead atoms. The standard InChI is InChI=1S/C11H12N2OS/c1-7-5-9(3-4-12-7)11-10(6-14)15-8(2)13-11/h3-5,14H,6H2,1-2H3. The molecule has 0 unspecified atom stereocenters. The van der Waals surface area contributed by atoms with Gasteiger partial charge in [0, 0.05) is 17.5 Å². The van der Waals surface area contributed by atoms with E-state index >= 15 is 0 Å². The van der Waals surface area contributed by atoms with Gasteiger partial charge in [-0.2, -0.15) is 0 Å². The minimum Gasteiger partial charge on any atom is -0.391 e. The lowest BCUT2D eigenvalue weighted by Crippen LogP contribution is -1.87. The van der Waals surface area contributed by atoms with E-state index in [9.17, 15) is 5.11 Å². The summed E-state index contributed by atoms with van der Waals surface area (Å²) < 4.78 is 0. The fourth-order valence-corrected chi connectivity index (χ4v) is 2.31. The van der Waals surface area contributed by atoms with Crippen molar-refractivity contribution in [2.75, 3.05) is 0 Å². The Balaban J connectivity index is 2.53. The molecule has 0 radical (unpaired) electrons. The lowest BCUT2D eigenvalue weighted by Gasteiger charge is -2.00. The molecule has 0 aliphatic rings. The quantitative estimate of drug-likeness (QED) is 0.844. The van der Waals surface area contributed by atoms with Crippen LogP contribution < -0.4 is 0 Å². The van der Waals surface area contributed by atoms with Gasteiger partial charge in [0.25, 0.3) is 0 Å². The average molecular weight is 220 g/mol. The Morgan fingerprint density at radius 1 is 1.40 bits per heavy atom. The van der Waals surface area contributed by atoms with Crippen LogP contribution in [0.15, 0.2) is 18.3 Å². The van der Waals surface area contributed by atoms with Crippen molar-refractivity contribution in [3.63, 3.8) is 0 Å². The second kappa shape index (κ2) is 4.08. The van der Waals surface area contributed by atoms with Crippen LogP contribution in [0.1, 0.15) is 15.6 Å². The van der Waals surface area contributed by atoms with Crippen LogP contribution in [0.2, 0.25) is 0 Å². The number of aryl methyl sites for hydroxylation is 2. The summed E-state index contributed by atoms with van der Waals surface area (Å²) in [6.45, 7) is 3.94. The Labute approximate surface area is 92.5 Å². The van der Waals surface area contributed by atoms with Crippen LogP contribution in [-0.2, 0) is 6.61 Å². The number of pyridine rings is 1. The fourth-order valence-electron chi connectivity index (χ4n) is 1.49. The van der Waals surface area contributed by atoms with Gasteiger partial charge in [0.05, 0.1) is 22.2 Å². The molecule has 4 heteroatoms. The third kappa shape index (κ3) is 2.06. The third-order valence-electron chi connectivity index (χ3n) is 2.12. The Bertz CT molecular complexity index is 479. The first-order valence-electron chi connectivity index (χ1n) is 4.71. The smallest absolute Gasteiger partial charge is 0.0905 e. The minimum absolute atomic E-state index is 0.0439. The summed E-state index contributed by atoms with van der Waals surface area (Å²) in [4.78, 5) is 9.48. The maximum atomic E-state index is 9.22. The van der Waals surface area contributed by atoms with Gasteiger partial charge in [-0.1, -0.05) is 0 Å². The van der Waals surface area contributed by atoms with E-state index in [1.165, 1.54) is 11.3 Å². The zero-order valence-corrected chi connectivity index (χ0v) is 9.51. The van der Waals surface area contributed by atoms with Crippen molar-refractivity contribution in [3.05, 3.63) is 33.9 Å². The van der Waals surface area contributed by atoms with Crippen LogP contribution in [0, 0.1) is 13.8 Å². The predicted octanol–water partition coefficient (Wildman–Crippen LogP) is 2.31. The summed E-state index contributed by atoms with van der Waals surface area (Å²) in [7, 11) is 0. The van der Waals surface area contributed by atoms with E-state index in [1.807, 2.05) is 26.0 Å². The van der Waals surface area contributed by atoms with Crippen molar-refractivity contribution in [2.45, 2.75) is 20.5 Å². The van der Waals surface area contributed by atoms with Gasteiger partial charge in [-0.3, -0.25) is 4.98 Å². The Kier molecular flexibility index (Phi) is 2.79. The molecule has 0 aliphatic heterocycles. The van der Waals surface area contributed by atoms with E-state index in [0.29, 0.717) is 0 Å². The van der Waals surface area contributed by atoms with Gasteiger partial charge in [0.15, 0.2) is 0 Å². The average Bonchev–Trinajstić information content (AvgIpc) is 2.59. The molecule has 0 aromatic carbocycles. The van der Waals surface area contributed by atoms with Gasteiger partial charge in [-0.25, -0.2) is 4.98 Å². The second-order valence-corrected chi connectivity index (χ2v) is 4.64. The number of aromatic nitrogens is 2. The van der Waals surface area contributed by atoms with E-state index < -0.39 is 0 Å². The van der Waals surface area contributed by atoms with Crippen LogP contribution >= 0.6 is 11.3 Å². The molecule has 0 amide bonds. The number of thiazole rings is 1. The number of rotatable bonds is 2. The molecule has 15 heavy (non-hydrogen) atoms. The highest BCUT2D eigenvalue weighted by Crippen LogP contribution is 2.27. The molecule has 0 atom stereocenters. The molecule has 2 aromatic rings. The summed E-state index contributed by atoms with van der Waals surface area (Å²) >= 11 is 1.53. The van der Waals surface area contributed by atoms with E-state index in [2.05, 4.69) is 9.97 Å². The highest BCUT2D eigenvalue weighted by Gasteiger charge is 2.10. The van der Waals surface area contributed by atoms with E-state index in [4.69, 9.17) is 0 Å². The van der Waals surface area contributed by atoms with Gasteiger partial charge >= 0.3 is 0 Å². The van der Waals surface area contributed by atoms with Gasteiger partial charge in [-0.05, 0) is 26.0 Å². The maximum absolute atomic E-state index is 9.22. The van der Waals surface area contributed by atoms with Gasteiger partial charge in [0.1, 0.15) is 0 Å². The van der Waals surface area contributed by atoms with Crippen LogP contribution in [0.4, 0.5) is 0 Å². The Morgan fingerprint density at radius 3 is 2.87 bits per heavy atom. The molecular weight excluding hydrogens is 208 g/mol. The Morgan fingerprint density at radius 2 is 2.20 bits per heavy atom. The van der Waals surface area contributed by atoms with Crippen molar-refractivity contribution in [3.8, 4) is 11.3 Å². The number of aliphatic hydroxyl groups is 1. The van der Waals surface area contributed by atoms with Crippen LogP contribution in [0.5, 0.6) is 0 Å². The molecule has 0 fully saturated rings. The molecular formula is C11H12N2OS. The highest BCUT2D eigenvalue weighted by molar-refractivity contribution is 7.12. The van der Waals surface area contributed by atoms with Crippen LogP contribution in [0.25, 0.3) is 11.3 Å². The van der Waals surface area contributed by atoms with Crippen LogP contribution in [0.3, 0.4) is 0 Å². The SMILES string of the molecule is Cc1cc(-c2nc(C)sc2CO)ccn1. The first-order chi connectivity index (χ1) is 7.20. The largest absolute Gasteiger partial charge is 0.391 e. The summed E-state index contributed by atoms with van der Waals surface area (Å²) in [6, 6.07) is 3.90.